The van der Waals surface area contributed by atoms with Crippen LogP contribution in [0.1, 0.15) is 61.1 Å². The van der Waals surface area contributed by atoms with Gasteiger partial charge in [0.2, 0.25) is 0 Å². The lowest BCUT2D eigenvalue weighted by Crippen LogP contribution is -2.38. The first-order valence-corrected chi connectivity index (χ1v) is 16.8. The fourth-order valence-corrected chi connectivity index (χ4v) is 4.21. The molecule has 5 rings (SSSR count). The predicted molar refractivity (Wildman–Crippen MR) is 195 cm³/mol. The van der Waals surface area contributed by atoms with Crippen LogP contribution in [0.5, 0.6) is 0 Å². The summed E-state index contributed by atoms with van der Waals surface area (Å²) in [5.41, 5.74) is 6.15. The van der Waals surface area contributed by atoms with E-state index in [9.17, 15) is 19.8 Å². The molecular formula is C40H54O12. The molecule has 0 aliphatic carbocycles. The van der Waals surface area contributed by atoms with Gasteiger partial charge < -0.3 is 54.4 Å². The van der Waals surface area contributed by atoms with Crippen LogP contribution in [0.4, 0.5) is 0 Å². The van der Waals surface area contributed by atoms with E-state index in [2.05, 4.69) is 12.1 Å². The van der Waals surface area contributed by atoms with E-state index in [4.69, 9.17) is 39.4 Å². The number of ether oxygens (including phenoxy) is 4. The number of rotatable bonds is 8. The monoisotopic (exact) mass is 726 g/mol. The highest BCUT2D eigenvalue weighted by Gasteiger charge is 2.27. The molecule has 2 heterocycles. The number of carbonyl (C=O) groups excluding carboxylic acids is 2. The molecule has 286 valence electrons. The number of aliphatic hydroxyl groups is 6. The van der Waals surface area contributed by atoms with Gasteiger partial charge >= 0.3 is 0 Å². The minimum Gasteiger partial charge on any atom is -0.392 e. The van der Waals surface area contributed by atoms with Crippen LogP contribution in [0.15, 0.2) is 97.1 Å². The van der Waals surface area contributed by atoms with Crippen LogP contribution in [0.25, 0.3) is 0 Å². The topological polar surface area (TPSA) is 192 Å². The van der Waals surface area contributed by atoms with Crippen molar-refractivity contribution in [1.82, 2.24) is 0 Å². The third-order valence-corrected chi connectivity index (χ3v) is 7.34. The Morgan fingerprint density at radius 2 is 1.04 bits per heavy atom. The van der Waals surface area contributed by atoms with Crippen molar-refractivity contribution in [1.29, 1.82) is 0 Å². The zero-order chi connectivity index (χ0) is 38.7. The molecule has 0 saturated heterocycles. The van der Waals surface area contributed by atoms with Crippen LogP contribution in [0.3, 0.4) is 0 Å². The number of carbonyl (C=O) groups is 2. The summed E-state index contributed by atoms with van der Waals surface area (Å²) in [4.78, 5) is 18.9. The van der Waals surface area contributed by atoms with Crippen molar-refractivity contribution in [2.45, 2.75) is 104 Å². The van der Waals surface area contributed by atoms with Gasteiger partial charge in [0.25, 0.3) is 0 Å². The molecule has 3 aromatic rings. The Balaban J connectivity index is 0.000000344. The molecule has 0 radical (unpaired) electrons. The maximum atomic E-state index is 9.66. The molecule has 3 aromatic carbocycles. The van der Waals surface area contributed by atoms with Crippen molar-refractivity contribution in [3.05, 3.63) is 130 Å². The summed E-state index contributed by atoms with van der Waals surface area (Å²) in [6.07, 6.45) is 3.02. The van der Waals surface area contributed by atoms with Crippen molar-refractivity contribution in [2.24, 2.45) is 0 Å². The Kier molecular flexibility index (Phi) is 24.6. The zero-order valence-corrected chi connectivity index (χ0v) is 30.2. The van der Waals surface area contributed by atoms with E-state index in [0.29, 0.717) is 32.7 Å². The van der Waals surface area contributed by atoms with Crippen LogP contribution in [0.2, 0.25) is 0 Å². The summed E-state index contributed by atoms with van der Waals surface area (Å²) in [5.74, 6) is 0. The SMILES string of the molecule is C/C=C/C1OCc2ccccc2CO1.C/C=C/C=O.CC(O)[C@H](O)C=O.C[C@@H](O)[C@H](O)C1OCc2ccccc2CO1.OCc1ccccc1CO. The second kappa shape index (κ2) is 27.7. The molecular weight excluding hydrogens is 672 g/mol. The highest BCUT2D eigenvalue weighted by Crippen LogP contribution is 2.21. The first kappa shape index (κ1) is 46.1. The second-order valence-corrected chi connectivity index (χ2v) is 11.4. The molecule has 1 unspecified atom stereocenters. The summed E-state index contributed by atoms with van der Waals surface area (Å²) in [6, 6.07) is 23.3. The number of aldehydes is 2. The number of hydrogen-bond donors (Lipinski definition) is 6. The molecule has 0 bridgehead atoms. The minimum absolute atomic E-state index is 0.00324. The van der Waals surface area contributed by atoms with E-state index in [-0.39, 0.29) is 19.5 Å². The van der Waals surface area contributed by atoms with Gasteiger partial charge in [-0.25, -0.2) is 0 Å². The first-order valence-electron chi connectivity index (χ1n) is 16.8. The Hall–Kier alpha value is -3.92. The largest absolute Gasteiger partial charge is 0.392 e. The van der Waals surface area contributed by atoms with Crippen molar-refractivity contribution in [2.75, 3.05) is 0 Å². The van der Waals surface area contributed by atoms with Gasteiger partial charge in [0, 0.05) is 0 Å². The summed E-state index contributed by atoms with van der Waals surface area (Å²) in [5, 5.41) is 53.1. The van der Waals surface area contributed by atoms with E-state index in [1.807, 2.05) is 67.6 Å². The maximum absolute atomic E-state index is 9.66. The van der Waals surface area contributed by atoms with E-state index < -0.39 is 30.7 Å². The van der Waals surface area contributed by atoms with Crippen molar-refractivity contribution >= 4 is 12.6 Å². The highest BCUT2D eigenvalue weighted by atomic mass is 16.7. The number of fused-ring (bicyclic) bond motifs is 2. The smallest absolute Gasteiger partial charge is 0.186 e. The van der Waals surface area contributed by atoms with Gasteiger partial charge in [-0.1, -0.05) is 84.9 Å². The Morgan fingerprint density at radius 1 is 0.635 bits per heavy atom. The second-order valence-electron chi connectivity index (χ2n) is 11.4. The van der Waals surface area contributed by atoms with Crippen molar-refractivity contribution in [3.8, 4) is 0 Å². The number of aliphatic hydroxyl groups excluding tert-OH is 6. The van der Waals surface area contributed by atoms with Gasteiger partial charge in [-0.15, -0.1) is 0 Å². The van der Waals surface area contributed by atoms with Crippen LogP contribution in [-0.2, 0) is 68.2 Å². The summed E-state index contributed by atoms with van der Waals surface area (Å²) in [7, 11) is 0. The fraction of sp³-hybridized carbons (Fsp3) is 0.400. The van der Waals surface area contributed by atoms with Gasteiger partial charge in [0.1, 0.15) is 18.5 Å². The van der Waals surface area contributed by atoms with Crippen LogP contribution in [-0.4, -0.2) is 80.2 Å². The molecule has 6 N–H and O–H groups in total. The third-order valence-electron chi connectivity index (χ3n) is 7.34. The molecule has 12 heteroatoms. The van der Waals surface area contributed by atoms with Crippen molar-refractivity contribution in [3.63, 3.8) is 0 Å². The van der Waals surface area contributed by atoms with E-state index in [1.54, 1.807) is 25.1 Å². The lowest BCUT2D eigenvalue weighted by atomic mass is 10.1. The predicted octanol–water partition coefficient (Wildman–Crippen LogP) is 3.80. The quantitative estimate of drug-likeness (QED) is 0.112. The van der Waals surface area contributed by atoms with Crippen molar-refractivity contribution < 1.29 is 59.2 Å². The lowest BCUT2D eigenvalue weighted by molar-refractivity contribution is -0.218. The molecule has 52 heavy (non-hydrogen) atoms. The summed E-state index contributed by atoms with van der Waals surface area (Å²) >= 11 is 0. The first-order chi connectivity index (χ1) is 25.1. The molecule has 0 spiro atoms. The normalized spacial score (nSPS) is 16.5. The number of hydrogen-bond acceptors (Lipinski definition) is 12. The standard InChI is InChI=1S/C12H16O4.C12H14O2.C8H10O2.C4H8O3.C4H6O/c1-8(13)11(14)12-15-6-9-4-2-3-5-10(9)7-16-12;1-2-5-12-13-8-10-6-3-4-7-11(10)9-14-12;9-5-7-3-1-2-4-8(7)6-10;1-3(6)4(7)2-5;1-2-3-4-5/h2-5,8,11-14H,6-7H2,1H3;2-7,12H,8-9H2,1H3;1-4,9-10H,5-6H2;2-4,6-7H,1H3;2-4H,1H3/b;5-2+;;;3-2+/t8-,11+;;;3?,4-;/m1..1./s1. The molecule has 0 aromatic heterocycles. The van der Waals surface area contributed by atoms with E-state index in [1.165, 1.54) is 31.1 Å². The van der Waals surface area contributed by atoms with E-state index >= 15 is 0 Å². The summed E-state index contributed by atoms with van der Waals surface area (Å²) < 4.78 is 22.0. The average Bonchev–Trinajstić information content (AvgIpc) is 3.52. The molecule has 0 amide bonds. The number of allylic oxidation sites excluding steroid dienone is 3. The molecule has 4 atom stereocenters. The van der Waals surface area contributed by atoms with Gasteiger partial charge in [-0.2, -0.15) is 0 Å². The lowest BCUT2D eigenvalue weighted by Gasteiger charge is -2.23. The Labute approximate surface area is 306 Å². The van der Waals surface area contributed by atoms with Crippen LogP contribution >= 0.6 is 0 Å². The molecule has 2 aliphatic rings. The Morgan fingerprint density at radius 3 is 1.31 bits per heavy atom. The Bertz CT molecular complexity index is 1380. The van der Waals surface area contributed by atoms with Gasteiger partial charge in [0.05, 0.1) is 51.8 Å². The highest BCUT2D eigenvalue weighted by molar-refractivity contribution is 5.64. The molecule has 2 aliphatic heterocycles. The average molecular weight is 727 g/mol. The van der Waals surface area contributed by atoms with Gasteiger partial charge in [0.15, 0.2) is 18.9 Å². The van der Waals surface area contributed by atoms with E-state index in [0.717, 1.165) is 28.5 Å². The molecule has 12 nitrogen and oxygen atoms in total. The molecule has 0 saturated carbocycles. The van der Waals surface area contributed by atoms with Crippen LogP contribution < -0.4 is 0 Å². The van der Waals surface area contributed by atoms with Gasteiger partial charge in [-0.05, 0) is 73.2 Å². The fourth-order valence-electron chi connectivity index (χ4n) is 4.21. The summed E-state index contributed by atoms with van der Waals surface area (Å²) in [6.45, 7) is 8.66. The van der Waals surface area contributed by atoms with Gasteiger partial charge in [-0.3, -0.25) is 4.79 Å². The number of benzene rings is 3. The van der Waals surface area contributed by atoms with Crippen LogP contribution in [0, 0.1) is 0 Å². The maximum Gasteiger partial charge on any atom is 0.186 e. The third kappa shape index (κ3) is 18.0. The minimum atomic E-state index is -1.22. The zero-order valence-electron chi connectivity index (χ0n) is 30.2. The molecule has 0 fully saturated rings.